The fourth-order valence-electron chi connectivity index (χ4n) is 8.47. The molecule has 3 N–H and O–H groups in total. The second-order valence-electron chi connectivity index (χ2n) is 13.6. The van der Waals surface area contributed by atoms with Gasteiger partial charge >= 0.3 is 6.01 Å². The number of nitrogens with two attached hydrogens (primary N) is 1. The third-order valence-electron chi connectivity index (χ3n) is 10.7. The Bertz CT molecular complexity index is 1970. The van der Waals surface area contributed by atoms with Crippen LogP contribution in [0.3, 0.4) is 0 Å². The topological polar surface area (TPSA) is 139 Å². The maximum atomic E-state index is 15.9. The molecule has 4 atom stereocenters. The number of fused-ring (bicyclic) bond motifs is 5. The molecule has 0 spiro atoms. The molecule has 5 saturated heterocycles. The number of ether oxygens (including phenoxy) is 2. The Morgan fingerprint density at radius 2 is 1.89 bits per heavy atom. The van der Waals surface area contributed by atoms with E-state index in [2.05, 4.69) is 21.2 Å². The number of benzene rings is 1. The van der Waals surface area contributed by atoms with E-state index in [1.165, 1.54) is 6.07 Å². The summed E-state index contributed by atoms with van der Waals surface area (Å²) in [4.78, 5) is 19.0. The molecule has 5 fully saturated rings. The first-order valence-corrected chi connectivity index (χ1v) is 16.2. The average Bonchev–Trinajstić information content (AvgIpc) is 3.75. The number of hydrogen-bond acceptors (Lipinski definition) is 11. The summed E-state index contributed by atoms with van der Waals surface area (Å²) in [6.45, 7) is 3.32. The number of nitrogen functional groups attached to an aromatic ring is 1. The van der Waals surface area contributed by atoms with E-state index in [0.29, 0.717) is 56.3 Å². The zero-order valence-corrected chi connectivity index (χ0v) is 25.6. The van der Waals surface area contributed by atoms with Crippen LogP contribution in [0.15, 0.2) is 16.5 Å². The van der Waals surface area contributed by atoms with Crippen molar-refractivity contribution in [3.05, 3.63) is 35.0 Å². The summed E-state index contributed by atoms with van der Waals surface area (Å²) in [7, 11) is 0. The van der Waals surface area contributed by atoms with Gasteiger partial charge in [-0.15, -0.1) is 0 Å². The minimum absolute atomic E-state index is 0.0134. The van der Waals surface area contributed by atoms with E-state index in [9.17, 15) is 9.65 Å². The highest BCUT2D eigenvalue weighted by atomic mass is 19.1. The molecule has 1 aromatic carbocycles. The van der Waals surface area contributed by atoms with E-state index in [-0.39, 0.29) is 63.8 Å². The molecule has 14 heteroatoms. The number of anilines is 2. The van der Waals surface area contributed by atoms with Gasteiger partial charge in [0.05, 0.1) is 35.4 Å². The summed E-state index contributed by atoms with van der Waals surface area (Å²) >= 11 is 0. The van der Waals surface area contributed by atoms with Gasteiger partial charge in [-0.05, 0) is 44.4 Å². The Hall–Kier alpha value is -4.19. The molecule has 47 heavy (non-hydrogen) atoms. The van der Waals surface area contributed by atoms with Crippen molar-refractivity contribution in [2.45, 2.75) is 61.8 Å². The number of hydrogen-bond donors (Lipinski definition) is 2. The number of nitriles is 1. The van der Waals surface area contributed by atoms with Gasteiger partial charge < -0.3 is 29.8 Å². The lowest BCUT2D eigenvalue weighted by Gasteiger charge is -2.35. The number of pyridine rings is 1. The molecule has 5 aliphatic rings. The van der Waals surface area contributed by atoms with Gasteiger partial charge in [-0.25, -0.2) is 18.2 Å². The SMILES string of the molecule is N#Cc1c(-c2c(F)ccc3oc(N)c(F)c23)c(C2COC2)nc2c(N3CC4CCC(C3)N4)nc(OC[C@@]34CCCN3C[C@H](F)C4)nc12. The molecule has 3 aromatic heterocycles. The van der Waals surface area contributed by atoms with Crippen LogP contribution in [0.25, 0.3) is 33.1 Å². The highest BCUT2D eigenvalue weighted by molar-refractivity contribution is 6.03. The molecular weight excluding hydrogens is 613 g/mol. The highest BCUT2D eigenvalue weighted by Crippen LogP contribution is 2.46. The van der Waals surface area contributed by atoms with Crippen molar-refractivity contribution in [3.8, 4) is 23.2 Å². The molecule has 0 saturated carbocycles. The van der Waals surface area contributed by atoms with E-state index in [0.717, 1.165) is 38.3 Å². The van der Waals surface area contributed by atoms with Crippen LogP contribution >= 0.6 is 0 Å². The quantitative estimate of drug-likeness (QED) is 0.312. The number of nitrogens with one attached hydrogen (secondary N) is 1. The van der Waals surface area contributed by atoms with E-state index in [1.807, 2.05) is 0 Å². The monoisotopic (exact) mass is 646 g/mol. The Kier molecular flexibility index (Phi) is 6.58. The van der Waals surface area contributed by atoms with Gasteiger partial charge in [0, 0.05) is 55.2 Å². The van der Waals surface area contributed by atoms with Gasteiger partial charge in [0.1, 0.15) is 41.3 Å². The van der Waals surface area contributed by atoms with Crippen molar-refractivity contribution in [1.82, 2.24) is 25.2 Å². The summed E-state index contributed by atoms with van der Waals surface area (Å²) in [5, 5.41) is 14.3. The average molecular weight is 647 g/mol. The van der Waals surface area contributed by atoms with Crippen LogP contribution in [0.4, 0.5) is 24.9 Å². The third kappa shape index (κ3) is 4.47. The van der Waals surface area contributed by atoms with Crippen LogP contribution in [0.2, 0.25) is 0 Å². The molecule has 11 nitrogen and oxygen atoms in total. The highest BCUT2D eigenvalue weighted by Gasteiger charge is 2.49. The fraction of sp³-hybridized carbons (Fsp3) is 0.515. The zero-order valence-electron chi connectivity index (χ0n) is 25.6. The summed E-state index contributed by atoms with van der Waals surface area (Å²) < 4.78 is 63.2. The Morgan fingerprint density at radius 1 is 1.09 bits per heavy atom. The molecule has 4 aromatic rings. The van der Waals surface area contributed by atoms with Crippen molar-refractivity contribution in [2.24, 2.45) is 0 Å². The Balaban J connectivity index is 1.27. The van der Waals surface area contributed by atoms with Crippen molar-refractivity contribution < 1.29 is 27.1 Å². The minimum Gasteiger partial charge on any atom is -0.461 e. The molecule has 0 aliphatic carbocycles. The Labute approximate surface area is 267 Å². The van der Waals surface area contributed by atoms with Crippen LogP contribution in [0, 0.1) is 23.0 Å². The molecule has 5 aliphatic heterocycles. The third-order valence-corrected chi connectivity index (χ3v) is 10.7. The van der Waals surface area contributed by atoms with E-state index >= 15 is 8.78 Å². The standard InChI is InChI=1S/C33H33F3N8O3/c34-17-8-33(6-1-7-44(33)10-17)15-46-32-41-28-20(9-37)23(24-21(35)4-5-22-25(24)26(36)30(38)47-22)27(16-13-45-14-16)40-29(28)31(42-32)43-11-18-2-3-19(12-43)39-18/h4-5,16-19,39H,1-3,6-8,10-15,38H2/t17-,18?,19?,33+/m1/s1. The van der Waals surface area contributed by atoms with Crippen LogP contribution in [0.1, 0.15) is 49.3 Å². The first-order chi connectivity index (χ1) is 22.8. The summed E-state index contributed by atoms with van der Waals surface area (Å²) in [5.41, 5.74) is 6.28. The predicted molar refractivity (Wildman–Crippen MR) is 166 cm³/mol. The van der Waals surface area contributed by atoms with E-state index in [1.54, 1.807) is 0 Å². The summed E-state index contributed by atoms with van der Waals surface area (Å²) in [6, 6.07) is 5.29. The van der Waals surface area contributed by atoms with E-state index < -0.39 is 29.2 Å². The number of halogens is 3. The molecular formula is C33H33F3N8O3. The van der Waals surface area contributed by atoms with Crippen molar-refractivity contribution in [3.63, 3.8) is 0 Å². The van der Waals surface area contributed by atoms with Crippen molar-refractivity contribution in [1.29, 1.82) is 5.26 Å². The molecule has 244 valence electrons. The van der Waals surface area contributed by atoms with Gasteiger partial charge in [-0.2, -0.15) is 15.2 Å². The molecule has 2 unspecified atom stereocenters. The molecule has 2 bridgehead atoms. The smallest absolute Gasteiger partial charge is 0.319 e. The normalized spacial score (nSPS) is 27.4. The first-order valence-electron chi connectivity index (χ1n) is 16.2. The van der Waals surface area contributed by atoms with Crippen molar-refractivity contribution in [2.75, 3.05) is 56.6 Å². The maximum Gasteiger partial charge on any atom is 0.319 e. The lowest BCUT2D eigenvalue weighted by Crippen LogP contribution is -2.51. The number of alkyl halides is 1. The van der Waals surface area contributed by atoms with Gasteiger partial charge in [0.15, 0.2) is 11.6 Å². The second-order valence-corrected chi connectivity index (χ2v) is 13.6. The number of rotatable bonds is 6. The van der Waals surface area contributed by atoms with Gasteiger partial charge in [-0.1, -0.05) is 0 Å². The zero-order chi connectivity index (χ0) is 32.0. The lowest BCUT2D eigenvalue weighted by atomic mass is 9.88. The van der Waals surface area contributed by atoms with E-state index in [4.69, 9.17) is 34.6 Å². The van der Waals surface area contributed by atoms with Gasteiger partial charge in [0.25, 0.3) is 0 Å². The predicted octanol–water partition coefficient (Wildman–Crippen LogP) is 4.18. The van der Waals surface area contributed by atoms with Gasteiger partial charge in [0.2, 0.25) is 5.88 Å². The largest absolute Gasteiger partial charge is 0.461 e. The fourth-order valence-corrected chi connectivity index (χ4v) is 8.47. The molecule has 8 heterocycles. The first kappa shape index (κ1) is 29.0. The number of nitrogens with zero attached hydrogens (tertiary/aromatic N) is 6. The maximum absolute atomic E-state index is 15.9. The van der Waals surface area contributed by atoms with Crippen LogP contribution in [-0.2, 0) is 4.74 Å². The van der Waals surface area contributed by atoms with Crippen molar-refractivity contribution >= 4 is 33.7 Å². The molecule has 0 radical (unpaired) electrons. The number of furan rings is 1. The molecule has 9 rings (SSSR count). The second kappa shape index (κ2) is 10.7. The van der Waals surface area contributed by atoms with Crippen LogP contribution in [0.5, 0.6) is 6.01 Å². The lowest BCUT2D eigenvalue weighted by molar-refractivity contribution is 0.00706. The Morgan fingerprint density at radius 3 is 2.64 bits per heavy atom. The molecule has 0 amide bonds. The summed E-state index contributed by atoms with van der Waals surface area (Å²) in [6.07, 6.45) is 3.27. The summed E-state index contributed by atoms with van der Waals surface area (Å²) in [5.74, 6) is -1.93. The minimum atomic E-state index is -0.927. The van der Waals surface area contributed by atoms with Crippen LogP contribution in [-0.4, -0.2) is 89.6 Å². The van der Waals surface area contributed by atoms with Gasteiger partial charge in [-0.3, -0.25) is 4.90 Å². The number of piperazine rings is 1. The van der Waals surface area contributed by atoms with Crippen LogP contribution < -0.4 is 20.7 Å². The number of aromatic nitrogens is 3.